The fraction of sp³-hybridized carbons (Fsp3) is 0.450. The Kier molecular flexibility index (Phi) is 4.79. The summed E-state index contributed by atoms with van der Waals surface area (Å²) in [5, 5.41) is 14.4. The summed E-state index contributed by atoms with van der Waals surface area (Å²) in [7, 11) is 0. The third-order valence-electron chi connectivity index (χ3n) is 5.20. The van der Waals surface area contributed by atoms with Crippen LogP contribution in [0.15, 0.2) is 53.2 Å². The molecule has 2 heterocycles. The van der Waals surface area contributed by atoms with E-state index >= 15 is 0 Å². The van der Waals surface area contributed by atoms with Gasteiger partial charge in [0, 0.05) is 5.70 Å². The first-order valence-electron chi connectivity index (χ1n) is 8.65. The molecule has 2 N–H and O–H groups in total. The van der Waals surface area contributed by atoms with Crippen molar-refractivity contribution in [2.75, 3.05) is 5.32 Å². The summed E-state index contributed by atoms with van der Waals surface area (Å²) in [6.45, 7) is 10.8. The molecule has 0 radical (unpaired) electrons. The molecule has 0 fully saturated rings. The predicted molar refractivity (Wildman–Crippen MR) is 102 cm³/mol. The lowest BCUT2D eigenvalue weighted by Gasteiger charge is -2.45. The van der Waals surface area contributed by atoms with Crippen LogP contribution in [-0.2, 0) is 5.41 Å². The van der Waals surface area contributed by atoms with Gasteiger partial charge in [-0.1, -0.05) is 44.7 Å². The zero-order valence-electron chi connectivity index (χ0n) is 14.7. The lowest BCUT2D eigenvalue weighted by atomic mass is 9.63. The summed E-state index contributed by atoms with van der Waals surface area (Å²) in [5.41, 5.74) is 4.81. The average Bonchev–Trinajstić information content (AvgIpc) is 3.01. The van der Waals surface area contributed by atoms with E-state index in [9.17, 15) is 5.11 Å². The van der Waals surface area contributed by atoms with Crippen LogP contribution >= 0.6 is 11.3 Å². The zero-order valence-corrected chi connectivity index (χ0v) is 15.5. The molecule has 128 valence electrons. The minimum atomic E-state index is -0.432. The third kappa shape index (κ3) is 2.58. The molecular formula is C20H26N2OS. The molecule has 0 saturated heterocycles. The van der Waals surface area contributed by atoms with Gasteiger partial charge < -0.3 is 10.4 Å². The van der Waals surface area contributed by atoms with E-state index in [1.807, 2.05) is 30.7 Å². The summed E-state index contributed by atoms with van der Waals surface area (Å²) in [6.07, 6.45) is 10.3. The van der Waals surface area contributed by atoms with Crippen LogP contribution in [0, 0.1) is 5.92 Å². The van der Waals surface area contributed by atoms with Gasteiger partial charge in [0.15, 0.2) is 0 Å². The van der Waals surface area contributed by atoms with Gasteiger partial charge in [0.25, 0.3) is 0 Å². The molecule has 24 heavy (non-hydrogen) atoms. The highest BCUT2D eigenvalue weighted by molar-refractivity contribution is 7.10. The summed E-state index contributed by atoms with van der Waals surface area (Å²) < 4.78 is 0. The number of aliphatic hydroxyl groups is 1. The van der Waals surface area contributed by atoms with E-state index in [1.165, 1.54) is 4.88 Å². The van der Waals surface area contributed by atoms with Gasteiger partial charge in [-0.25, -0.2) is 4.98 Å². The van der Waals surface area contributed by atoms with E-state index in [0.29, 0.717) is 5.92 Å². The van der Waals surface area contributed by atoms with Gasteiger partial charge in [-0.2, -0.15) is 0 Å². The van der Waals surface area contributed by atoms with Crippen LogP contribution in [-0.4, -0.2) is 16.2 Å². The quantitative estimate of drug-likeness (QED) is 0.761. The minimum absolute atomic E-state index is 0.352. The Bertz CT molecular complexity index is 728. The van der Waals surface area contributed by atoms with Gasteiger partial charge >= 0.3 is 0 Å². The van der Waals surface area contributed by atoms with Gasteiger partial charge in [-0.05, 0) is 43.3 Å². The first-order valence-corrected chi connectivity index (χ1v) is 9.53. The Morgan fingerprint density at radius 2 is 2.33 bits per heavy atom. The molecule has 1 aromatic rings. The van der Waals surface area contributed by atoms with E-state index in [0.717, 1.165) is 41.9 Å². The fourth-order valence-electron chi connectivity index (χ4n) is 4.13. The molecule has 1 aliphatic heterocycles. The van der Waals surface area contributed by atoms with E-state index in [4.69, 9.17) is 0 Å². The number of aliphatic hydroxyl groups excluding tert-OH is 1. The maximum atomic E-state index is 10.9. The molecule has 0 spiro atoms. The number of hydrogen-bond donors (Lipinski definition) is 2. The second kappa shape index (κ2) is 6.69. The molecule has 3 rings (SSSR count). The average molecular weight is 343 g/mol. The van der Waals surface area contributed by atoms with Crippen LogP contribution in [0.3, 0.4) is 0 Å². The van der Waals surface area contributed by atoms with Gasteiger partial charge in [-0.15, -0.1) is 11.3 Å². The third-order valence-corrected chi connectivity index (χ3v) is 6.19. The topological polar surface area (TPSA) is 45.1 Å². The first-order chi connectivity index (χ1) is 11.5. The minimum Gasteiger partial charge on any atom is -0.389 e. The van der Waals surface area contributed by atoms with Gasteiger partial charge in [-0.3, -0.25) is 0 Å². The summed E-state index contributed by atoms with van der Waals surface area (Å²) in [6, 6.07) is 0. The van der Waals surface area contributed by atoms with Crippen LogP contribution in [0.2, 0.25) is 0 Å². The number of anilines is 1. The van der Waals surface area contributed by atoms with Crippen molar-refractivity contribution < 1.29 is 5.11 Å². The number of rotatable bonds is 4. The highest BCUT2D eigenvalue weighted by Gasteiger charge is 2.48. The molecule has 3 nitrogen and oxygen atoms in total. The van der Waals surface area contributed by atoms with Crippen molar-refractivity contribution in [3.05, 3.63) is 58.1 Å². The number of hydrogen-bond acceptors (Lipinski definition) is 4. The molecule has 0 amide bonds. The van der Waals surface area contributed by atoms with Crippen molar-refractivity contribution in [2.24, 2.45) is 5.92 Å². The number of aromatic nitrogens is 1. The summed E-state index contributed by atoms with van der Waals surface area (Å²) in [4.78, 5) is 5.71. The Hall–Kier alpha value is -1.65. The van der Waals surface area contributed by atoms with Gasteiger partial charge in [0.1, 0.15) is 5.82 Å². The fourth-order valence-corrected chi connectivity index (χ4v) is 5.19. The second-order valence-electron chi connectivity index (χ2n) is 6.78. The number of nitrogens with zero attached hydrogens (tertiary/aromatic N) is 1. The van der Waals surface area contributed by atoms with E-state index in [-0.39, 0.29) is 5.41 Å². The smallest absolute Gasteiger partial charge is 0.145 e. The van der Waals surface area contributed by atoms with Gasteiger partial charge in [0.2, 0.25) is 0 Å². The first kappa shape index (κ1) is 17.2. The Labute approximate surface area is 148 Å². The summed E-state index contributed by atoms with van der Waals surface area (Å²) in [5.74, 6) is 1.40. The highest BCUT2D eigenvalue weighted by Crippen LogP contribution is 2.54. The predicted octanol–water partition coefficient (Wildman–Crippen LogP) is 4.95. The Morgan fingerprint density at radius 3 is 3.04 bits per heavy atom. The monoisotopic (exact) mass is 342 g/mol. The largest absolute Gasteiger partial charge is 0.389 e. The van der Waals surface area contributed by atoms with Crippen LogP contribution in [0.1, 0.15) is 44.9 Å². The molecule has 1 aliphatic carbocycles. The maximum Gasteiger partial charge on any atom is 0.145 e. The highest BCUT2D eigenvalue weighted by atomic mass is 32.1. The summed E-state index contributed by atoms with van der Waals surface area (Å²) >= 11 is 1.65. The standard InChI is InChI=1S/C20H26N2OS/c1-5-7-8-9-14(4)20(6-2)17-15(10-13(3)11-16(17)23)22-19-18(20)24-12-21-19/h5,7-9,12-13,16,22-23H,4,6,10-11H2,1-3H3/b7-5-,9-8-/t13-,16?,20-/m1/s1. The van der Waals surface area contributed by atoms with Crippen molar-refractivity contribution in [1.82, 2.24) is 4.98 Å². The number of thiazole rings is 1. The normalized spacial score (nSPS) is 29.7. The van der Waals surface area contributed by atoms with Crippen molar-refractivity contribution >= 4 is 17.2 Å². The van der Waals surface area contributed by atoms with Gasteiger partial charge in [0.05, 0.1) is 21.9 Å². The van der Waals surface area contributed by atoms with Crippen molar-refractivity contribution in [1.29, 1.82) is 0 Å². The number of nitrogens with one attached hydrogen (secondary N) is 1. The van der Waals surface area contributed by atoms with Crippen molar-refractivity contribution in [2.45, 2.75) is 51.6 Å². The molecule has 0 saturated carbocycles. The van der Waals surface area contributed by atoms with E-state index in [1.54, 1.807) is 11.3 Å². The van der Waals surface area contributed by atoms with Crippen LogP contribution in [0.25, 0.3) is 0 Å². The molecule has 2 aliphatic rings. The molecule has 0 bridgehead atoms. The van der Waals surface area contributed by atoms with Crippen LogP contribution in [0.5, 0.6) is 0 Å². The maximum absolute atomic E-state index is 10.9. The van der Waals surface area contributed by atoms with Crippen LogP contribution < -0.4 is 5.32 Å². The van der Waals surface area contributed by atoms with Crippen molar-refractivity contribution in [3.8, 4) is 0 Å². The SMILES string of the molecule is C=C(/C=C\C=C/C)[C@]1(CC)C2=C(C[C@@H](C)CC2O)Nc2ncsc21. The van der Waals surface area contributed by atoms with Crippen molar-refractivity contribution in [3.63, 3.8) is 0 Å². The van der Waals surface area contributed by atoms with Crippen LogP contribution in [0.4, 0.5) is 5.82 Å². The molecule has 0 aromatic carbocycles. The molecular weight excluding hydrogens is 316 g/mol. The number of allylic oxidation sites excluding steroid dienone is 6. The molecule has 4 heteroatoms. The number of fused-ring (bicyclic) bond motifs is 1. The Morgan fingerprint density at radius 1 is 1.54 bits per heavy atom. The molecule has 3 atom stereocenters. The van der Waals surface area contributed by atoms with E-state index < -0.39 is 6.10 Å². The molecule has 1 unspecified atom stereocenters. The lowest BCUT2D eigenvalue weighted by molar-refractivity contribution is 0.151. The second-order valence-corrected chi connectivity index (χ2v) is 7.63. The molecule has 1 aromatic heterocycles. The lowest BCUT2D eigenvalue weighted by Crippen LogP contribution is -2.42. The zero-order chi connectivity index (χ0) is 17.3. The Balaban J connectivity index is 2.18. The van der Waals surface area contributed by atoms with E-state index in [2.05, 4.69) is 36.8 Å².